The van der Waals surface area contributed by atoms with Crippen LogP contribution in [-0.4, -0.2) is 28.9 Å². The molecule has 1 heterocycles. The van der Waals surface area contributed by atoms with Crippen molar-refractivity contribution in [3.05, 3.63) is 36.1 Å². The Balaban J connectivity index is 2.15. The number of carboxylic acids is 1. The van der Waals surface area contributed by atoms with Gasteiger partial charge in [-0.3, -0.25) is 9.59 Å². The van der Waals surface area contributed by atoms with Crippen LogP contribution in [-0.2, 0) is 9.59 Å². The van der Waals surface area contributed by atoms with Crippen molar-refractivity contribution in [2.24, 2.45) is 5.73 Å². The smallest absolute Gasteiger partial charge is 0.326 e. The number of furan rings is 1. The molecule has 2 amide bonds. The summed E-state index contributed by atoms with van der Waals surface area (Å²) in [7, 11) is 0. The van der Waals surface area contributed by atoms with Gasteiger partial charge in [0, 0.05) is 11.8 Å². The van der Waals surface area contributed by atoms with Gasteiger partial charge in [0.1, 0.15) is 17.9 Å². The van der Waals surface area contributed by atoms with E-state index in [1.165, 1.54) is 6.26 Å². The van der Waals surface area contributed by atoms with E-state index in [1.54, 1.807) is 24.3 Å². The van der Waals surface area contributed by atoms with Gasteiger partial charge in [-0.1, -0.05) is 18.2 Å². The Labute approximate surface area is 119 Å². The minimum absolute atomic E-state index is 0.0633. The van der Waals surface area contributed by atoms with Crippen LogP contribution in [0, 0.1) is 0 Å². The van der Waals surface area contributed by atoms with E-state index in [-0.39, 0.29) is 18.4 Å². The van der Waals surface area contributed by atoms with Crippen LogP contribution < -0.4 is 11.1 Å². The number of rotatable bonds is 6. The maximum atomic E-state index is 12.1. The van der Waals surface area contributed by atoms with Gasteiger partial charge in [0.25, 0.3) is 5.91 Å². The van der Waals surface area contributed by atoms with Gasteiger partial charge in [-0.05, 0) is 12.5 Å². The van der Waals surface area contributed by atoms with E-state index in [0.29, 0.717) is 11.0 Å². The van der Waals surface area contributed by atoms with Crippen molar-refractivity contribution >= 4 is 28.8 Å². The highest BCUT2D eigenvalue weighted by Crippen LogP contribution is 2.20. The minimum atomic E-state index is -1.22. The zero-order valence-electron chi connectivity index (χ0n) is 11.0. The van der Waals surface area contributed by atoms with E-state index in [0.717, 1.165) is 0 Å². The van der Waals surface area contributed by atoms with Crippen LogP contribution in [0.5, 0.6) is 0 Å². The predicted octanol–water partition coefficient (Wildman–Crippen LogP) is 0.881. The Kier molecular flexibility index (Phi) is 4.22. The van der Waals surface area contributed by atoms with E-state index in [2.05, 4.69) is 5.32 Å². The van der Waals surface area contributed by atoms with Crippen LogP contribution in [0.3, 0.4) is 0 Å². The summed E-state index contributed by atoms with van der Waals surface area (Å²) in [6.07, 6.45) is 1.09. The first kappa shape index (κ1) is 14.6. The summed E-state index contributed by atoms with van der Waals surface area (Å²) in [5.41, 5.74) is 5.76. The summed E-state index contributed by atoms with van der Waals surface area (Å²) in [4.78, 5) is 33.9. The first-order chi connectivity index (χ1) is 9.99. The molecule has 0 radical (unpaired) electrons. The monoisotopic (exact) mass is 290 g/mol. The van der Waals surface area contributed by atoms with Crippen LogP contribution in [0.1, 0.15) is 23.2 Å². The molecule has 0 aliphatic heterocycles. The number of carbonyl (C=O) groups excluding carboxylic acids is 2. The lowest BCUT2D eigenvalue weighted by molar-refractivity contribution is -0.139. The second kappa shape index (κ2) is 6.08. The normalized spacial score (nSPS) is 12.0. The molecule has 0 saturated carbocycles. The molecule has 21 heavy (non-hydrogen) atoms. The maximum Gasteiger partial charge on any atom is 0.326 e. The van der Waals surface area contributed by atoms with Crippen molar-refractivity contribution in [1.82, 2.24) is 5.32 Å². The fourth-order valence-electron chi connectivity index (χ4n) is 1.93. The molecule has 7 heteroatoms. The van der Waals surface area contributed by atoms with Gasteiger partial charge in [-0.15, -0.1) is 0 Å². The van der Waals surface area contributed by atoms with Crippen molar-refractivity contribution in [3.8, 4) is 0 Å². The van der Waals surface area contributed by atoms with E-state index in [4.69, 9.17) is 15.3 Å². The number of carboxylic acid groups (broad SMARTS) is 1. The number of primary amides is 1. The molecule has 0 aliphatic carbocycles. The van der Waals surface area contributed by atoms with E-state index in [1.807, 2.05) is 0 Å². The van der Waals surface area contributed by atoms with Crippen molar-refractivity contribution < 1.29 is 23.9 Å². The first-order valence-electron chi connectivity index (χ1n) is 6.27. The number of aliphatic carboxylic acids is 1. The molecule has 110 valence electrons. The molecule has 0 saturated heterocycles. The predicted molar refractivity (Wildman–Crippen MR) is 73.5 cm³/mol. The van der Waals surface area contributed by atoms with Gasteiger partial charge in [0.2, 0.25) is 5.91 Å². The largest absolute Gasteiger partial charge is 0.480 e. The molecular formula is C14H14N2O5. The topological polar surface area (TPSA) is 123 Å². The lowest BCUT2D eigenvalue weighted by Crippen LogP contribution is -2.41. The van der Waals surface area contributed by atoms with Crippen molar-refractivity contribution in [1.29, 1.82) is 0 Å². The maximum absolute atomic E-state index is 12.1. The SMILES string of the molecule is NC(=O)CCC(NC(=O)c1coc2ccccc12)C(=O)O. The number of hydrogen-bond donors (Lipinski definition) is 3. The lowest BCUT2D eigenvalue weighted by Gasteiger charge is -2.13. The summed E-state index contributed by atoms with van der Waals surface area (Å²) in [6.45, 7) is 0. The van der Waals surface area contributed by atoms with Crippen molar-refractivity contribution in [2.45, 2.75) is 18.9 Å². The molecule has 0 bridgehead atoms. The van der Waals surface area contributed by atoms with Gasteiger partial charge >= 0.3 is 5.97 Å². The number of fused-ring (bicyclic) bond motifs is 1. The Morgan fingerprint density at radius 3 is 2.67 bits per heavy atom. The number of amides is 2. The molecule has 1 atom stereocenters. The molecule has 7 nitrogen and oxygen atoms in total. The van der Waals surface area contributed by atoms with Crippen LogP contribution in [0.25, 0.3) is 11.0 Å². The molecule has 2 rings (SSSR count). The average molecular weight is 290 g/mol. The quantitative estimate of drug-likeness (QED) is 0.728. The number of nitrogens with one attached hydrogen (secondary N) is 1. The first-order valence-corrected chi connectivity index (χ1v) is 6.27. The van der Waals surface area contributed by atoms with Crippen LogP contribution in [0.2, 0.25) is 0 Å². The molecule has 2 aromatic rings. The van der Waals surface area contributed by atoms with E-state index >= 15 is 0 Å². The van der Waals surface area contributed by atoms with Gasteiger partial charge in [0.05, 0.1) is 5.56 Å². The third kappa shape index (κ3) is 3.38. The minimum Gasteiger partial charge on any atom is -0.480 e. The Bertz CT molecular complexity index is 691. The fourth-order valence-corrected chi connectivity index (χ4v) is 1.93. The summed E-state index contributed by atoms with van der Waals surface area (Å²) in [5.74, 6) is -2.42. The molecule has 0 spiro atoms. The van der Waals surface area contributed by atoms with Gasteiger partial charge in [-0.2, -0.15) is 0 Å². The summed E-state index contributed by atoms with van der Waals surface area (Å²) in [6, 6.07) is 5.73. The summed E-state index contributed by atoms with van der Waals surface area (Å²) in [5, 5.41) is 12.0. The van der Waals surface area contributed by atoms with E-state index < -0.39 is 23.8 Å². The number of carbonyl (C=O) groups is 3. The van der Waals surface area contributed by atoms with E-state index in [9.17, 15) is 14.4 Å². The number of benzene rings is 1. The summed E-state index contributed by atoms with van der Waals surface area (Å²) < 4.78 is 5.23. The Morgan fingerprint density at radius 1 is 1.29 bits per heavy atom. The average Bonchev–Trinajstić information content (AvgIpc) is 2.86. The van der Waals surface area contributed by atoms with Gasteiger partial charge in [0.15, 0.2) is 0 Å². The number of hydrogen-bond acceptors (Lipinski definition) is 4. The highest BCUT2D eigenvalue weighted by atomic mass is 16.4. The highest BCUT2D eigenvalue weighted by Gasteiger charge is 2.23. The second-order valence-corrected chi connectivity index (χ2v) is 4.51. The summed E-state index contributed by atoms with van der Waals surface area (Å²) >= 11 is 0. The zero-order chi connectivity index (χ0) is 15.4. The van der Waals surface area contributed by atoms with Gasteiger partial charge < -0.3 is 20.6 Å². The molecule has 1 aromatic heterocycles. The third-order valence-electron chi connectivity index (χ3n) is 3.01. The Morgan fingerprint density at radius 2 is 2.00 bits per heavy atom. The lowest BCUT2D eigenvalue weighted by atomic mass is 10.1. The molecule has 1 unspecified atom stereocenters. The van der Waals surface area contributed by atoms with Crippen molar-refractivity contribution in [2.75, 3.05) is 0 Å². The number of nitrogens with two attached hydrogens (primary N) is 1. The standard InChI is InChI=1S/C14H14N2O5/c15-12(17)6-5-10(14(19)20)16-13(18)9-7-21-11-4-2-1-3-8(9)11/h1-4,7,10H,5-6H2,(H2,15,17)(H,16,18)(H,19,20). The molecule has 1 aromatic carbocycles. The third-order valence-corrected chi connectivity index (χ3v) is 3.01. The van der Waals surface area contributed by atoms with Gasteiger partial charge in [-0.25, -0.2) is 4.79 Å². The molecule has 4 N–H and O–H groups in total. The highest BCUT2D eigenvalue weighted by molar-refractivity contribution is 6.06. The van der Waals surface area contributed by atoms with Crippen LogP contribution >= 0.6 is 0 Å². The molecule has 0 fully saturated rings. The second-order valence-electron chi connectivity index (χ2n) is 4.51. The van der Waals surface area contributed by atoms with Crippen LogP contribution in [0.15, 0.2) is 34.9 Å². The fraction of sp³-hybridized carbons (Fsp3) is 0.214. The molecule has 0 aliphatic rings. The van der Waals surface area contributed by atoms with Crippen molar-refractivity contribution in [3.63, 3.8) is 0 Å². The zero-order valence-corrected chi connectivity index (χ0v) is 11.0. The Hall–Kier alpha value is -2.83. The van der Waals surface area contributed by atoms with Crippen LogP contribution in [0.4, 0.5) is 0 Å². The number of para-hydroxylation sites is 1. The molecular weight excluding hydrogens is 276 g/mol.